The summed E-state index contributed by atoms with van der Waals surface area (Å²) in [5.74, 6) is 0.182. The van der Waals surface area contributed by atoms with Crippen molar-refractivity contribution in [3.05, 3.63) is 29.3 Å². The minimum Gasteiger partial charge on any atom is -0.493 e. The molecule has 0 fully saturated rings. The van der Waals surface area contributed by atoms with E-state index in [4.69, 9.17) is 15.2 Å². The predicted molar refractivity (Wildman–Crippen MR) is 70.5 cm³/mol. The fraction of sp³-hybridized carbons (Fsp3) is 0.571. The molecule has 1 aromatic carbocycles. The lowest BCUT2D eigenvalue weighted by Crippen LogP contribution is -2.25. The molecule has 6 heteroatoms. The maximum Gasteiger partial charge on any atom is 0.416 e. The highest BCUT2D eigenvalue weighted by molar-refractivity contribution is 5.37. The number of methoxy groups -OCH3 is 1. The first-order valence-corrected chi connectivity index (χ1v) is 6.28. The number of nitrogens with two attached hydrogens (primary N) is 1. The molecule has 1 aromatic rings. The van der Waals surface area contributed by atoms with E-state index < -0.39 is 11.7 Å². The van der Waals surface area contributed by atoms with Gasteiger partial charge in [0.25, 0.3) is 0 Å². The topological polar surface area (TPSA) is 44.5 Å². The molecule has 0 atom stereocenters. The molecule has 0 radical (unpaired) electrons. The van der Waals surface area contributed by atoms with E-state index in [9.17, 15) is 13.2 Å². The largest absolute Gasteiger partial charge is 0.493 e. The van der Waals surface area contributed by atoms with Gasteiger partial charge < -0.3 is 15.2 Å². The van der Waals surface area contributed by atoms with Crippen molar-refractivity contribution in [2.24, 2.45) is 5.73 Å². The van der Waals surface area contributed by atoms with Crippen LogP contribution in [-0.2, 0) is 17.5 Å². The quantitative estimate of drug-likeness (QED) is 0.874. The molecule has 0 saturated carbocycles. The molecule has 0 bridgehead atoms. The van der Waals surface area contributed by atoms with Gasteiger partial charge in [0.2, 0.25) is 0 Å². The highest BCUT2D eigenvalue weighted by Crippen LogP contribution is 2.34. The lowest BCUT2D eigenvalue weighted by molar-refractivity contribution is -0.138. The summed E-state index contributed by atoms with van der Waals surface area (Å²) in [6.45, 7) is 3.88. The second-order valence-electron chi connectivity index (χ2n) is 5.08. The number of halogens is 3. The van der Waals surface area contributed by atoms with Gasteiger partial charge in [0.15, 0.2) is 0 Å². The van der Waals surface area contributed by atoms with E-state index in [1.54, 1.807) is 7.11 Å². The highest BCUT2D eigenvalue weighted by atomic mass is 19.4. The summed E-state index contributed by atoms with van der Waals surface area (Å²) in [7, 11) is 1.58. The molecule has 1 rings (SSSR count). The van der Waals surface area contributed by atoms with E-state index in [-0.39, 0.29) is 30.1 Å². The third kappa shape index (κ3) is 4.68. The Morgan fingerprint density at radius 1 is 1.20 bits per heavy atom. The average Bonchev–Trinajstić information content (AvgIpc) is 2.37. The monoisotopic (exact) mass is 291 g/mol. The molecule has 20 heavy (non-hydrogen) atoms. The Bertz CT molecular complexity index is 445. The highest BCUT2D eigenvalue weighted by Gasteiger charge is 2.33. The molecule has 2 N–H and O–H groups in total. The summed E-state index contributed by atoms with van der Waals surface area (Å²) in [5.41, 5.74) is 4.26. The zero-order valence-corrected chi connectivity index (χ0v) is 11.9. The standard InChI is InChI=1S/C14H20F3NO2/c1-13(2,19-3)6-7-20-11-5-4-10(9-18)12(8-11)14(15,16)17/h4-5,8H,6-7,9,18H2,1-3H3. The molecular formula is C14H20F3NO2. The number of rotatable bonds is 6. The number of hydrogen-bond acceptors (Lipinski definition) is 3. The van der Waals surface area contributed by atoms with E-state index in [0.29, 0.717) is 6.42 Å². The van der Waals surface area contributed by atoms with Gasteiger partial charge in [-0.05, 0) is 31.5 Å². The van der Waals surface area contributed by atoms with Crippen molar-refractivity contribution in [1.29, 1.82) is 0 Å². The third-order valence-electron chi connectivity index (χ3n) is 3.13. The fourth-order valence-corrected chi connectivity index (χ4v) is 1.60. The average molecular weight is 291 g/mol. The minimum absolute atomic E-state index is 0.0575. The van der Waals surface area contributed by atoms with Crippen molar-refractivity contribution in [2.45, 2.75) is 38.6 Å². The van der Waals surface area contributed by atoms with Gasteiger partial charge in [-0.2, -0.15) is 13.2 Å². The summed E-state index contributed by atoms with van der Waals surface area (Å²) in [5, 5.41) is 0. The SMILES string of the molecule is COC(C)(C)CCOc1ccc(CN)c(C(F)(F)F)c1. The Kier molecular flexibility index (Phi) is 5.42. The van der Waals surface area contributed by atoms with Crippen LogP contribution in [0.3, 0.4) is 0 Å². The van der Waals surface area contributed by atoms with Crippen molar-refractivity contribution in [3.8, 4) is 5.75 Å². The van der Waals surface area contributed by atoms with Crippen LogP contribution in [-0.4, -0.2) is 19.3 Å². The van der Waals surface area contributed by atoms with Crippen molar-refractivity contribution in [3.63, 3.8) is 0 Å². The van der Waals surface area contributed by atoms with Gasteiger partial charge in [-0.15, -0.1) is 0 Å². The Morgan fingerprint density at radius 2 is 1.85 bits per heavy atom. The molecule has 0 aliphatic heterocycles. The lowest BCUT2D eigenvalue weighted by Gasteiger charge is -2.23. The molecule has 0 heterocycles. The summed E-state index contributed by atoms with van der Waals surface area (Å²) in [6, 6.07) is 3.83. The van der Waals surface area contributed by atoms with Crippen LogP contribution in [0.2, 0.25) is 0 Å². The van der Waals surface area contributed by atoms with Crippen LogP contribution in [0.1, 0.15) is 31.4 Å². The smallest absolute Gasteiger partial charge is 0.416 e. The maximum atomic E-state index is 12.9. The van der Waals surface area contributed by atoms with Gasteiger partial charge >= 0.3 is 6.18 Å². The van der Waals surface area contributed by atoms with Gasteiger partial charge in [-0.1, -0.05) is 6.07 Å². The van der Waals surface area contributed by atoms with Crippen molar-refractivity contribution in [1.82, 2.24) is 0 Å². The molecule has 0 aliphatic rings. The lowest BCUT2D eigenvalue weighted by atomic mass is 10.1. The minimum atomic E-state index is -4.43. The Balaban J connectivity index is 2.78. The van der Waals surface area contributed by atoms with E-state index >= 15 is 0 Å². The van der Waals surface area contributed by atoms with E-state index in [1.807, 2.05) is 13.8 Å². The number of alkyl halides is 3. The van der Waals surface area contributed by atoms with Gasteiger partial charge in [0, 0.05) is 20.1 Å². The maximum absolute atomic E-state index is 12.9. The van der Waals surface area contributed by atoms with E-state index in [1.165, 1.54) is 12.1 Å². The van der Waals surface area contributed by atoms with Crippen LogP contribution >= 0.6 is 0 Å². The summed E-state index contributed by atoms with van der Waals surface area (Å²) in [6.07, 6.45) is -3.86. The zero-order chi connectivity index (χ0) is 15.4. The first-order chi connectivity index (χ1) is 9.19. The molecular weight excluding hydrogens is 271 g/mol. The first kappa shape index (κ1) is 16.8. The van der Waals surface area contributed by atoms with Gasteiger partial charge in [-0.25, -0.2) is 0 Å². The normalized spacial score (nSPS) is 12.6. The van der Waals surface area contributed by atoms with Crippen LogP contribution in [0.15, 0.2) is 18.2 Å². The Hall–Kier alpha value is -1.27. The van der Waals surface area contributed by atoms with Crippen LogP contribution in [0.4, 0.5) is 13.2 Å². The molecule has 0 aliphatic carbocycles. The van der Waals surface area contributed by atoms with E-state index in [0.717, 1.165) is 6.07 Å². The van der Waals surface area contributed by atoms with Gasteiger partial charge in [-0.3, -0.25) is 0 Å². The Morgan fingerprint density at radius 3 is 2.35 bits per heavy atom. The third-order valence-corrected chi connectivity index (χ3v) is 3.13. The summed E-state index contributed by atoms with van der Waals surface area (Å²) >= 11 is 0. The molecule has 0 amide bonds. The van der Waals surface area contributed by atoms with Crippen molar-refractivity contribution in [2.75, 3.05) is 13.7 Å². The number of ether oxygens (including phenoxy) is 2. The van der Waals surface area contributed by atoms with Crippen molar-refractivity contribution >= 4 is 0 Å². The van der Waals surface area contributed by atoms with Crippen molar-refractivity contribution < 1.29 is 22.6 Å². The summed E-state index contributed by atoms with van der Waals surface area (Å²) < 4.78 is 49.1. The van der Waals surface area contributed by atoms with Crippen LogP contribution in [0.5, 0.6) is 5.75 Å². The van der Waals surface area contributed by atoms with Crippen LogP contribution in [0.25, 0.3) is 0 Å². The van der Waals surface area contributed by atoms with Crippen LogP contribution < -0.4 is 10.5 Å². The zero-order valence-electron chi connectivity index (χ0n) is 11.9. The molecule has 114 valence electrons. The van der Waals surface area contributed by atoms with E-state index in [2.05, 4.69) is 0 Å². The van der Waals surface area contributed by atoms with Gasteiger partial charge in [0.1, 0.15) is 5.75 Å². The molecule has 0 unspecified atom stereocenters. The number of benzene rings is 1. The van der Waals surface area contributed by atoms with Crippen LogP contribution in [0, 0.1) is 0 Å². The second-order valence-corrected chi connectivity index (χ2v) is 5.08. The predicted octanol–water partition coefficient (Wildman–Crippen LogP) is 3.36. The van der Waals surface area contributed by atoms with Gasteiger partial charge in [0.05, 0.1) is 17.8 Å². The fourth-order valence-electron chi connectivity index (χ4n) is 1.60. The Labute approximate surface area is 116 Å². The molecule has 0 spiro atoms. The summed E-state index contributed by atoms with van der Waals surface area (Å²) in [4.78, 5) is 0. The molecule has 0 saturated heterocycles. The first-order valence-electron chi connectivity index (χ1n) is 6.28. The molecule has 0 aromatic heterocycles. The molecule has 3 nitrogen and oxygen atoms in total. The second kappa shape index (κ2) is 6.45. The number of hydrogen-bond donors (Lipinski definition) is 1.